The molecule has 0 unspecified atom stereocenters. The van der Waals surface area contributed by atoms with Crippen LogP contribution in [0.5, 0.6) is 0 Å². The van der Waals surface area contributed by atoms with Crippen molar-refractivity contribution in [3.63, 3.8) is 0 Å². The Morgan fingerprint density at radius 2 is 0.791 bits per heavy atom. The van der Waals surface area contributed by atoms with E-state index >= 15 is 0 Å². The third kappa shape index (κ3) is 8.72. The van der Waals surface area contributed by atoms with E-state index in [9.17, 15) is 29.4 Å². The summed E-state index contributed by atoms with van der Waals surface area (Å²) in [6, 6.07) is 11.7. The van der Waals surface area contributed by atoms with E-state index in [1.165, 1.54) is 22.3 Å². The standard InChI is InChI=1S/2C18H24O3.Zn/c2*1-17(2)9-10-18(3,4)14-11-12(5-6-13(14)17)15(19)7-8-16(20)21;/h2*5-6,11H,7-10H2,1-4H3,(H,20,21);/q;;+2/p-2. The Balaban J connectivity index is 0.000000293. The smallest absolute Gasteiger partial charge is 0.550 e. The van der Waals surface area contributed by atoms with Crippen LogP contribution in [0, 0.1) is 0 Å². The number of ketones is 2. The Labute approximate surface area is 269 Å². The summed E-state index contributed by atoms with van der Waals surface area (Å²) in [6.45, 7) is 17.8. The second kappa shape index (κ2) is 13.5. The maximum Gasteiger partial charge on any atom is 2.00 e. The molecule has 0 saturated carbocycles. The number of rotatable bonds is 8. The van der Waals surface area contributed by atoms with Crippen LogP contribution in [0.4, 0.5) is 0 Å². The van der Waals surface area contributed by atoms with Crippen molar-refractivity contribution < 1.29 is 48.9 Å². The van der Waals surface area contributed by atoms with Gasteiger partial charge in [0.1, 0.15) is 0 Å². The first-order valence-corrected chi connectivity index (χ1v) is 15.0. The van der Waals surface area contributed by atoms with Crippen molar-refractivity contribution in [2.45, 2.75) is 128 Å². The van der Waals surface area contributed by atoms with Crippen LogP contribution in [-0.2, 0) is 50.7 Å². The molecule has 0 N–H and O–H groups in total. The van der Waals surface area contributed by atoms with Gasteiger partial charge in [0, 0.05) is 35.9 Å². The molecular formula is C36H46O6Zn. The number of Topliss-reactive ketones (excluding diaryl/α,β-unsaturated/α-hetero) is 2. The van der Waals surface area contributed by atoms with Crippen LogP contribution in [0.2, 0.25) is 0 Å². The van der Waals surface area contributed by atoms with Gasteiger partial charge in [0.25, 0.3) is 0 Å². The van der Waals surface area contributed by atoms with Gasteiger partial charge in [-0.2, -0.15) is 0 Å². The summed E-state index contributed by atoms with van der Waals surface area (Å²) in [7, 11) is 0. The molecule has 0 aromatic heterocycles. The molecule has 6 nitrogen and oxygen atoms in total. The number of carboxylic acid groups (broad SMARTS) is 2. The van der Waals surface area contributed by atoms with Gasteiger partial charge >= 0.3 is 19.5 Å². The monoisotopic (exact) mass is 638 g/mol. The van der Waals surface area contributed by atoms with Crippen LogP contribution >= 0.6 is 0 Å². The van der Waals surface area contributed by atoms with Crippen LogP contribution < -0.4 is 10.2 Å². The third-order valence-electron chi connectivity index (χ3n) is 9.46. The van der Waals surface area contributed by atoms with E-state index in [4.69, 9.17) is 0 Å². The summed E-state index contributed by atoms with van der Waals surface area (Å²) in [6.07, 6.45) is 4.01. The Kier molecular flexibility index (Phi) is 11.5. The normalized spacial score (nSPS) is 18.4. The molecule has 2 aliphatic carbocycles. The Morgan fingerprint density at radius 3 is 1.07 bits per heavy atom. The van der Waals surface area contributed by atoms with Gasteiger partial charge in [-0.1, -0.05) is 79.7 Å². The number of carboxylic acids is 2. The molecular weight excluding hydrogens is 594 g/mol. The molecule has 228 valence electrons. The Hall–Kier alpha value is -2.66. The van der Waals surface area contributed by atoms with Crippen LogP contribution in [0.25, 0.3) is 0 Å². The molecule has 7 heteroatoms. The minimum atomic E-state index is -1.18. The number of hydrogen-bond acceptors (Lipinski definition) is 6. The summed E-state index contributed by atoms with van der Waals surface area (Å²) in [5.74, 6) is -2.60. The molecule has 0 spiro atoms. The summed E-state index contributed by atoms with van der Waals surface area (Å²) in [4.78, 5) is 45.2. The average Bonchev–Trinajstić information content (AvgIpc) is 2.91. The first-order valence-electron chi connectivity index (χ1n) is 15.0. The minimum Gasteiger partial charge on any atom is -0.550 e. The maximum absolute atomic E-state index is 12.1. The first kappa shape index (κ1) is 36.5. The molecule has 0 radical (unpaired) electrons. The quantitative estimate of drug-likeness (QED) is 0.279. The number of carbonyl (C=O) groups is 4. The van der Waals surface area contributed by atoms with Gasteiger partial charge in [0.2, 0.25) is 0 Å². The van der Waals surface area contributed by atoms with Crippen molar-refractivity contribution in [2.75, 3.05) is 0 Å². The summed E-state index contributed by atoms with van der Waals surface area (Å²) in [5.41, 5.74) is 6.61. The minimum absolute atomic E-state index is 0. The molecule has 0 atom stereocenters. The molecule has 0 fully saturated rings. The van der Waals surface area contributed by atoms with E-state index in [-0.39, 0.29) is 78.4 Å². The van der Waals surface area contributed by atoms with E-state index < -0.39 is 11.9 Å². The zero-order valence-electron chi connectivity index (χ0n) is 27.3. The van der Waals surface area contributed by atoms with E-state index in [0.717, 1.165) is 25.7 Å². The number of fused-ring (bicyclic) bond motifs is 2. The van der Waals surface area contributed by atoms with E-state index in [1.807, 2.05) is 36.4 Å². The fourth-order valence-electron chi connectivity index (χ4n) is 6.24. The van der Waals surface area contributed by atoms with E-state index in [0.29, 0.717) is 11.1 Å². The molecule has 2 aromatic carbocycles. The van der Waals surface area contributed by atoms with Gasteiger partial charge in [-0.25, -0.2) is 0 Å². The predicted octanol–water partition coefficient (Wildman–Crippen LogP) is 5.49. The number of benzene rings is 2. The van der Waals surface area contributed by atoms with Crippen molar-refractivity contribution in [1.29, 1.82) is 0 Å². The molecule has 43 heavy (non-hydrogen) atoms. The zero-order chi connectivity index (χ0) is 31.7. The van der Waals surface area contributed by atoms with Crippen LogP contribution in [0.3, 0.4) is 0 Å². The molecule has 0 amide bonds. The molecule has 0 saturated heterocycles. The van der Waals surface area contributed by atoms with Gasteiger partial charge in [0.05, 0.1) is 0 Å². The van der Waals surface area contributed by atoms with E-state index in [1.54, 1.807) is 0 Å². The predicted molar refractivity (Wildman–Crippen MR) is 161 cm³/mol. The van der Waals surface area contributed by atoms with Crippen LogP contribution in [0.15, 0.2) is 36.4 Å². The number of aliphatic carboxylic acids is 2. The third-order valence-corrected chi connectivity index (χ3v) is 9.46. The Morgan fingerprint density at radius 1 is 0.512 bits per heavy atom. The second-order valence-electron chi connectivity index (χ2n) is 14.6. The van der Waals surface area contributed by atoms with Gasteiger partial charge < -0.3 is 19.8 Å². The molecule has 2 aromatic rings. The SMILES string of the molecule is CC1(C)CCC(C)(C)c2cc(C(=O)CCC(=O)[O-])ccc21.CC1(C)CCC(C)(C)c2cc(C(=O)CCC(=O)[O-])ccc21.[Zn+2]. The van der Waals surface area contributed by atoms with Gasteiger partial charge in [-0.3, -0.25) is 9.59 Å². The second-order valence-corrected chi connectivity index (χ2v) is 14.6. The fourth-order valence-corrected chi connectivity index (χ4v) is 6.24. The zero-order valence-corrected chi connectivity index (χ0v) is 30.2. The largest absolute Gasteiger partial charge is 2.00 e. The molecule has 0 bridgehead atoms. The van der Waals surface area contributed by atoms with Crippen molar-refractivity contribution >= 4 is 23.5 Å². The molecule has 2 aliphatic rings. The topological polar surface area (TPSA) is 114 Å². The molecule has 0 aliphatic heterocycles. The average molecular weight is 640 g/mol. The summed E-state index contributed by atoms with van der Waals surface area (Å²) >= 11 is 0. The van der Waals surface area contributed by atoms with Crippen molar-refractivity contribution in [3.05, 3.63) is 69.8 Å². The van der Waals surface area contributed by atoms with Crippen LogP contribution in [-0.4, -0.2) is 23.5 Å². The first-order chi connectivity index (χ1) is 19.3. The van der Waals surface area contributed by atoms with Gasteiger partial charge in [0.15, 0.2) is 11.6 Å². The number of carbonyl (C=O) groups excluding carboxylic acids is 4. The summed E-state index contributed by atoms with van der Waals surface area (Å²) in [5, 5.41) is 21.0. The van der Waals surface area contributed by atoms with Crippen molar-refractivity contribution in [3.8, 4) is 0 Å². The van der Waals surface area contributed by atoms with Crippen molar-refractivity contribution in [2.24, 2.45) is 0 Å². The van der Waals surface area contributed by atoms with Crippen molar-refractivity contribution in [1.82, 2.24) is 0 Å². The molecule has 0 heterocycles. The van der Waals surface area contributed by atoms with Crippen LogP contribution in [0.1, 0.15) is 150 Å². The maximum atomic E-state index is 12.1. The van der Waals surface area contributed by atoms with Gasteiger partial charge in [-0.05, 0) is 94.6 Å². The fraction of sp³-hybridized carbons (Fsp3) is 0.556. The van der Waals surface area contributed by atoms with Gasteiger partial charge in [-0.15, -0.1) is 0 Å². The Bertz CT molecular complexity index is 1280. The summed E-state index contributed by atoms with van der Waals surface area (Å²) < 4.78 is 0. The number of hydrogen-bond donors (Lipinski definition) is 0. The molecule has 4 rings (SSSR count). The van der Waals surface area contributed by atoms with E-state index in [2.05, 4.69) is 55.4 Å².